The van der Waals surface area contributed by atoms with Crippen LogP contribution in [-0.4, -0.2) is 66.2 Å². The lowest BCUT2D eigenvalue weighted by Gasteiger charge is -2.32. The van der Waals surface area contributed by atoms with Crippen LogP contribution in [0.4, 0.5) is 11.6 Å². The molecule has 42 heavy (non-hydrogen) atoms. The van der Waals surface area contributed by atoms with Crippen LogP contribution in [0.1, 0.15) is 12.8 Å². The van der Waals surface area contributed by atoms with Gasteiger partial charge in [0.05, 0.1) is 17.9 Å². The van der Waals surface area contributed by atoms with Gasteiger partial charge in [-0.25, -0.2) is 19.3 Å². The first-order valence-corrected chi connectivity index (χ1v) is 14.9. The Bertz CT molecular complexity index is 1650. The number of halogens is 1. The van der Waals surface area contributed by atoms with E-state index in [1.165, 1.54) is 4.90 Å². The molecule has 0 saturated carbocycles. The molecule has 14 heteroatoms. The highest BCUT2D eigenvalue weighted by molar-refractivity contribution is 7.97. The molecule has 1 amide bonds. The molecule has 0 bridgehead atoms. The third-order valence-electron chi connectivity index (χ3n) is 6.53. The van der Waals surface area contributed by atoms with Crippen LogP contribution in [0.15, 0.2) is 77.3 Å². The van der Waals surface area contributed by atoms with Gasteiger partial charge in [0, 0.05) is 58.1 Å². The zero-order chi connectivity index (χ0) is 27.5. The van der Waals surface area contributed by atoms with Crippen molar-refractivity contribution in [1.82, 2.24) is 23.7 Å². The summed E-state index contributed by atoms with van der Waals surface area (Å²) in [5, 5.41) is 9.13. The number of anilines is 2. The molecule has 0 aliphatic carbocycles. The van der Waals surface area contributed by atoms with Crippen LogP contribution in [0, 0.1) is 0 Å². The van der Waals surface area contributed by atoms with Gasteiger partial charge in [-0.15, -0.1) is 11.3 Å². The van der Waals surface area contributed by atoms with Crippen LogP contribution in [0.25, 0.3) is 27.6 Å². The molecule has 1 aliphatic rings. The number of amides is 1. The predicted octanol–water partition coefficient (Wildman–Crippen LogP) is 4.00. The van der Waals surface area contributed by atoms with Crippen molar-refractivity contribution in [2.24, 2.45) is 5.73 Å². The Balaban J connectivity index is 0.00000202. The molecule has 0 unspecified atom stereocenters. The molecule has 1 atom stereocenters. The van der Waals surface area contributed by atoms with E-state index in [9.17, 15) is 4.79 Å². The Morgan fingerprint density at radius 2 is 1.98 bits per heavy atom. The number of nitrogens with zero attached hydrogens (tertiary/aromatic N) is 5. The van der Waals surface area contributed by atoms with Gasteiger partial charge >= 0.3 is 0 Å². The number of nitrogens with two attached hydrogens (primary N) is 1. The number of hydrogen-bond acceptors (Lipinski definition) is 9. The summed E-state index contributed by atoms with van der Waals surface area (Å²) >= 11 is 9.35. The summed E-state index contributed by atoms with van der Waals surface area (Å²) in [5.74, 6) is 0.337. The van der Waals surface area contributed by atoms with E-state index in [0.29, 0.717) is 11.6 Å². The Hall–Kier alpha value is -3.56. The summed E-state index contributed by atoms with van der Waals surface area (Å²) in [5.41, 5.74) is 9.43. The van der Waals surface area contributed by atoms with Crippen molar-refractivity contribution in [2.45, 2.75) is 23.8 Å². The average Bonchev–Trinajstić information content (AvgIpc) is 3.57. The van der Waals surface area contributed by atoms with Crippen molar-refractivity contribution < 1.29 is 15.7 Å². The predicted molar refractivity (Wildman–Crippen MR) is 170 cm³/mol. The van der Waals surface area contributed by atoms with Crippen molar-refractivity contribution in [2.75, 3.05) is 30.3 Å². The Labute approximate surface area is 255 Å². The van der Waals surface area contributed by atoms with Crippen molar-refractivity contribution in [3.05, 3.63) is 77.4 Å². The molecule has 0 radical (unpaired) electrons. The van der Waals surface area contributed by atoms with Gasteiger partial charge in [0.15, 0.2) is 4.96 Å². The first-order chi connectivity index (χ1) is 19.6. The number of nitrogens with one attached hydrogen (secondary N) is 2. The van der Waals surface area contributed by atoms with E-state index in [-0.39, 0.29) is 29.4 Å². The number of fused-ring (bicyclic) bond motifs is 1. The third-order valence-corrected chi connectivity index (χ3v) is 8.61. The lowest BCUT2D eigenvalue weighted by atomic mass is 10.1. The first kappa shape index (κ1) is 31.4. The second-order valence-corrected chi connectivity index (χ2v) is 11.9. The normalized spacial score (nSPS) is 15.0. The zero-order valence-electron chi connectivity index (χ0n) is 22.5. The molecule has 1 saturated heterocycles. The molecule has 0 spiro atoms. The molecule has 8 N–H and O–H groups in total. The summed E-state index contributed by atoms with van der Waals surface area (Å²) < 4.78 is 4.41. The number of aromatic nitrogens is 4. The molecular weight excluding hydrogens is 596 g/mol. The highest BCUT2D eigenvalue weighted by Crippen LogP contribution is 2.35. The Morgan fingerprint density at radius 3 is 2.79 bits per heavy atom. The van der Waals surface area contributed by atoms with Crippen molar-refractivity contribution in [3.8, 4) is 22.6 Å². The summed E-state index contributed by atoms with van der Waals surface area (Å²) in [6.45, 7) is 1.81. The Kier molecular flexibility index (Phi) is 10.5. The van der Waals surface area contributed by atoms with E-state index in [4.69, 9.17) is 27.3 Å². The number of rotatable bonds is 8. The van der Waals surface area contributed by atoms with Gasteiger partial charge in [-0.3, -0.25) is 9.20 Å². The Morgan fingerprint density at radius 1 is 1.14 bits per heavy atom. The fourth-order valence-corrected chi connectivity index (χ4v) is 6.59. The van der Waals surface area contributed by atoms with Crippen LogP contribution in [-0.2, 0) is 4.79 Å². The van der Waals surface area contributed by atoms with Gasteiger partial charge < -0.3 is 27.3 Å². The van der Waals surface area contributed by atoms with E-state index < -0.39 is 0 Å². The molecule has 1 aliphatic heterocycles. The highest BCUT2D eigenvalue weighted by Gasteiger charge is 2.23. The molecular formula is C28H31ClN8O3S2. The minimum atomic E-state index is -0.248. The van der Waals surface area contributed by atoms with Crippen LogP contribution >= 0.6 is 34.9 Å². The quantitative estimate of drug-likeness (QED) is 0.216. The summed E-state index contributed by atoms with van der Waals surface area (Å²) in [7, 11) is 0. The second-order valence-electron chi connectivity index (χ2n) is 9.38. The van der Waals surface area contributed by atoms with E-state index in [1.807, 2.05) is 70.6 Å². The number of piperidine rings is 1. The minimum absolute atomic E-state index is 0. The number of carbonyl (C=O) groups excluding carboxylic acids is 1. The summed E-state index contributed by atoms with van der Waals surface area (Å²) in [6, 6.07) is 17.7. The zero-order valence-corrected chi connectivity index (χ0v) is 24.8. The number of carbonyl (C=O) groups is 1. The smallest absolute Gasteiger partial charge is 0.238 e. The van der Waals surface area contributed by atoms with Gasteiger partial charge in [-0.05, 0) is 67.3 Å². The maximum Gasteiger partial charge on any atom is 0.238 e. The van der Waals surface area contributed by atoms with Crippen LogP contribution in [0.5, 0.6) is 0 Å². The van der Waals surface area contributed by atoms with Gasteiger partial charge in [0.2, 0.25) is 11.9 Å². The van der Waals surface area contributed by atoms with Crippen molar-refractivity contribution in [3.63, 3.8) is 0 Å². The fraction of sp³-hybridized carbons (Fsp3) is 0.214. The summed E-state index contributed by atoms with van der Waals surface area (Å²) in [6.07, 6.45) is 5.89. The van der Waals surface area contributed by atoms with Gasteiger partial charge in [0.1, 0.15) is 5.69 Å². The maximum absolute atomic E-state index is 11.9. The molecule has 2 aromatic carbocycles. The van der Waals surface area contributed by atoms with Crippen LogP contribution < -0.4 is 16.4 Å². The van der Waals surface area contributed by atoms with Crippen LogP contribution in [0.3, 0.4) is 0 Å². The minimum Gasteiger partial charge on any atom is -0.412 e. The number of imidazole rings is 1. The molecule has 1 fully saturated rings. The van der Waals surface area contributed by atoms with Crippen molar-refractivity contribution >= 4 is 57.4 Å². The number of thiazole rings is 1. The number of benzene rings is 2. The van der Waals surface area contributed by atoms with Crippen molar-refractivity contribution in [1.29, 1.82) is 0 Å². The lowest BCUT2D eigenvalue weighted by Crippen LogP contribution is -2.38. The topological polar surface area (TPSA) is 176 Å². The first-order valence-electron chi connectivity index (χ1n) is 12.9. The van der Waals surface area contributed by atoms with Crippen LogP contribution in [0.2, 0.25) is 5.02 Å². The fourth-order valence-electron chi connectivity index (χ4n) is 4.72. The average molecular weight is 627 g/mol. The van der Waals surface area contributed by atoms with E-state index in [0.717, 1.165) is 58.6 Å². The van der Waals surface area contributed by atoms with Gasteiger partial charge in [0.25, 0.3) is 0 Å². The maximum atomic E-state index is 11.9. The second kappa shape index (κ2) is 14.1. The molecule has 6 rings (SSSR count). The molecule has 5 aromatic rings. The SMILES string of the molecule is NCC(=O)Nc1cccc(-c2nc3sccn3c2-c2ccnc(N[C@@H]3CCCN(Sc4ccc(Cl)cc4)C3)n2)c1.O.O. The standard InChI is InChI=1S/C28H27ClN8OS2.2H2O/c29-19-6-8-22(9-7-19)40-36-12-2-5-21(17-36)33-27-31-11-10-23(34-27)26-25(35-28-37(26)13-14-39-28)18-3-1-4-20(15-18)32-24(38)16-30;;/h1,3-4,6-11,13-15,21H,2,5,12,16-17,30H2,(H,32,38)(H,31,33,34);2*1H2/t21-;;/m1../s1. The largest absolute Gasteiger partial charge is 0.412 e. The molecule has 3 aromatic heterocycles. The van der Waals surface area contributed by atoms with E-state index in [1.54, 1.807) is 29.5 Å². The summed E-state index contributed by atoms with van der Waals surface area (Å²) in [4.78, 5) is 28.3. The molecule has 220 valence electrons. The lowest BCUT2D eigenvalue weighted by molar-refractivity contribution is -0.114. The third kappa shape index (κ3) is 7.07. The van der Waals surface area contributed by atoms with E-state index in [2.05, 4.69) is 19.9 Å². The molecule has 11 nitrogen and oxygen atoms in total. The van der Waals surface area contributed by atoms with E-state index >= 15 is 0 Å². The number of hydrogen-bond donors (Lipinski definition) is 3. The van der Waals surface area contributed by atoms with Gasteiger partial charge in [-0.1, -0.05) is 23.7 Å². The van der Waals surface area contributed by atoms with Gasteiger partial charge in [-0.2, -0.15) is 0 Å². The monoisotopic (exact) mass is 626 g/mol. The molecule has 4 heterocycles. The highest BCUT2D eigenvalue weighted by atomic mass is 35.5.